The molecule has 0 spiro atoms. The topological polar surface area (TPSA) is 117 Å². The third kappa shape index (κ3) is 5.33. The minimum atomic E-state index is -1.08. The number of non-ortho nitro benzene ring substituents is 1. The molecule has 1 aromatic heterocycles. The fourth-order valence-electron chi connectivity index (χ4n) is 2.90. The second-order valence-corrected chi connectivity index (χ2v) is 8.20. The van der Waals surface area contributed by atoms with E-state index in [0.29, 0.717) is 52.1 Å². The monoisotopic (exact) mass is 445 g/mol. The van der Waals surface area contributed by atoms with Crippen molar-refractivity contribution >= 4 is 51.9 Å². The Hall–Kier alpha value is -2.98. The van der Waals surface area contributed by atoms with E-state index in [4.69, 9.17) is 16.6 Å². The summed E-state index contributed by atoms with van der Waals surface area (Å²) in [5, 5.41) is 21.4. The highest BCUT2D eigenvalue weighted by Gasteiger charge is 2.31. The van der Waals surface area contributed by atoms with Crippen molar-refractivity contribution in [2.45, 2.75) is 25.7 Å². The second-order valence-electron chi connectivity index (χ2n) is 6.53. The number of nitro benzene ring substituents is 1. The van der Waals surface area contributed by atoms with Crippen molar-refractivity contribution in [1.82, 2.24) is 4.90 Å². The molecular weight excluding hydrogens is 428 g/mol. The van der Waals surface area contributed by atoms with Gasteiger partial charge in [0.25, 0.3) is 11.6 Å². The zero-order valence-corrected chi connectivity index (χ0v) is 17.4. The van der Waals surface area contributed by atoms with Crippen molar-refractivity contribution in [3.8, 4) is 11.3 Å². The average Bonchev–Trinajstić information content (AvgIpc) is 3.27. The Morgan fingerprint density at radius 3 is 2.77 bits per heavy atom. The van der Waals surface area contributed by atoms with Crippen molar-refractivity contribution in [2.24, 2.45) is 0 Å². The number of rotatable bonds is 9. The van der Waals surface area contributed by atoms with E-state index in [1.165, 1.54) is 28.8 Å². The van der Waals surface area contributed by atoms with Gasteiger partial charge in [-0.2, -0.15) is 0 Å². The number of benzene rings is 1. The molecule has 3 rings (SSSR count). The van der Waals surface area contributed by atoms with Gasteiger partial charge >= 0.3 is 0 Å². The number of aliphatic carboxylic acids is 1. The van der Waals surface area contributed by atoms with E-state index < -0.39 is 10.9 Å². The van der Waals surface area contributed by atoms with Crippen LogP contribution >= 0.6 is 24.0 Å². The molecular formula is C20H17N2O6S2-. The fraction of sp³-hybridized carbons (Fsp3) is 0.250. The van der Waals surface area contributed by atoms with E-state index in [9.17, 15) is 24.8 Å². The minimum Gasteiger partial charge on any atom is -0.550 e. The molecule has 0 bridgehead atoms. The third-order valence-corrected chi connectivity index (χ3v) is 5.76. The lowest BCUT2D eigenvalue weighted by Gasteiger charge is -2.14. The number of unbranched alkanes of at least 4 members (excludes halogenated alkanes) is 2. The van der Waals surface area contributed by atoms with Crippen LogP contribution in [0, 0.1) is 10.1 Å². The minimum absolute atomic E-state index is 0.00367. The van der Waals surface area contributed by atoms with Gasteiger partial charge in [0.1, 0.15) is 15.8 Å². The lowest BCUT2D eigenvalue weighted by Crippen LogP contribution is -2.29. The molecule has 30 heavy (non-hydrogen) atoms. The number of thioether (sulfide) groups is 1. The quantitative estimate of drug-likeness (QED) is 0.190. The van der Waals surface area contributed by atoms with Crippen LogP contribution in [-0.2, 0) is 9.59 Å². The van der Waals surface area contributed by atoms with Crippen molar-refractivity contribution in [1.29, 1.82) is 0 Å². The first kappa shape index (κ1) is 21.7. The molecule has 1 amide bonds. The van der Waals surface area contributed by atoms with Crippen molar-refractivity contribution in [3.63, 3.8) is 0 Å². The van der Waals surface area contributed by atoms with Crippen LogP contribution in [0.1, 0.15) is 31.4 Å². The summed E-state index contributed by atoms with van der Waals surface area (Å²) in [4.78, 5) is 35.4. The summed E-state index contributed by atoms with van der Waals surface area (Å²) in [6.45, 7) is 0.423. The molecule has 156 valence electrons. The van der Waals surface area contributed by atoms with Crippen LogP contribution in [0.15, 0.2) is 45.7 Å². The summed E-state index contributed by atoms with van der Waals surface area (Å²) in [7, 11) is 0. The van der Waals surface area contributed by atoms with Crippen molar-refractivity contribution in [2.75, 3.05) is 6.54 Å². The fourth-order valence-corrected chi connectivity index (χ4v) is 4.18. The van der Waals surface area contributed by atoms with E-state index in [2.05, 4.69) is 0 Å². The average molecular weight is 445 g/mol. The number of carbonyl (C=O) groups excluding carboxylic acids is 2. The standard InChI is InChI=1S/C20H18N2O6S2/c23-18(24)7-2-1-3-10-21-19(25)17(30-20(21)29)12-15-8-9-16(28-15)13-5-4-6-14(11-13)22(26)27/h4-6,8-9,11-12H,1-3,7,10H2,(H,23,24)/p-1/b17-12+. The predicted molar refractivity (Wildman–Crippen MR) is 114 cm³/mol. The van der Waals surface area contributed by atoms with Gasteiger partial charge in [0.15, 0.2) is 0 Å². The molecule has 0 atom stereocenters. The lowest BCUT2D eigenvalue weighted by atomic mass is 10.1. The molecule has 0 unspecified atom stereocenters. The lowest BCUT2D eigenvalue weighted by molar-refractivity contribution is -0.384. The molecule has 0 saturated carbocycles. The molecule has 2 heterocycles. The van der Waals surface area contributed by atoms with Crippen LogP contribution in [-0.4, -0.2) is 32.6 Å². The maximum absolute atomic E-state index is 12.6. The van der Waals surface area contributed by atoms with E-state index in [1.807, 2.05) is 0 Å². The van der Waals surface area contributed by atoms with Gasteiger partial charge < -0.3 is 14.3 Å². The van der Waals surface area contributed by atoms with Gasteiger partial charge in [0.05, 0.1) is 9.83 Å². The molecule has 0 N–H and O–H groups in total. The Morgan fingerprint density at radius 1 is 1.23 bits per heavy atom. The highest BCUT2D eigenvalue weighted by Crippen LogP contribution is 2.34. The number of nitro groups is 1. The normalized spacial score (nSPS) is 15.2. The zero-order chi connectivity index (χ0) is 21.7. The van der Waals surface area contributed by atoms with Crippen LogP contribution in [0.25, 0.3) is 17.4 Å². The molecule has 8 nitrogen and oxygen atoms in total. The van der Waals surface area contributed by atoms with Crippen LogP contribution in [0.4, 0.5) is 5.69 Å². The van der Waals surface area contributed by atoms with E-state index >= 15 is 0 Å². The second kappa shape index (κ2) is 9.68. The zero-order valence-electron chi connectivity index (χ0n) is 15.7. The summed E-state index contributed by atoms with van der Waals surface area (Å²) < 4.78 is 6.17. The third-order valence-electron chi connectivity index (χ3n) is 4.38. The first-order chi connectivity index (χ1) is 14.3. The van der Waals surface area contributed by atoms with Gasteiger partial charge in [0, 0.05) is 36.3 Å². The maximum Gasteiger partial charge on any atom is 0.270 e. The Morgan fingerprint density at radius 2 is 2.03 bits per heavy atom. The molecule has 1 aliphatic heterocycles. The van der Waals surface area contributed by atoms with E-state index in [0.717, 1.165) is 0 Å². The summed E-state index contributed by atoms with van der Waals surface area (Å²) in [6.07, 6.45) is 3.40. The molecule has 2 aromatic rings. The molecule has 1 fully saturated rings. The molecule has 10 heteroatoms. The highest BCUT2D eigenvalue weighted by atomic mass is 32.2. The first-order valence-corrected chi connectivity index (χ1v) is 10.4. The Bertz CT molecular complexity index is 1030. The number of hydrogen-bond donors (Lipinski definition) is 0. The number of carbonyl (C=O) groups is 2. The predicted octanol–water partition coefficient (Wildman–Crippen LogP) is 3.37. The van der Waals surface area contributed by atoms with Crippen LogP contribution in [0.5, 0.6) is 0 Å². The number of thiocarbonyl (C=S) groups is 1. The first-order valence-electron chi connectivity index (χ1n) is 9.15. The van der Waals surface area contributed by atoms with Gasteiger partial charge in [-0.25, -0.2) is 0 Å². The summed E-state index contributed by atoms with van der Waals surface area (Å²) >= 11 is 6.45. The van der Waals surface area contributed by atoms with Gasteiger partial charge in [-0.05, 0) is 31.4 Å². The Kier molecular flexibility index (Phi) is 7.01. The number of carboxylic acids is 1. The Balaban J connectivity index is 1.65. The molecule has 0 aliphatic carbocycles. The van der Waals surface area contributed by atoms with Crippen molar-refractivity contribution in [3.05, 3.63) is 57.2 Å². The van der Waals surface area contributed by atoms with Gasteiger partial charge in [0.2, 0.25) is 0 Å². The smallest absolute Gasteiger partial charge is 0.270 e. The number of hydrogen-bond acceptors (Lipinski definition) is 8. The molecule has 1 aromatic carbocycles. The number of nitrogens with zero attached hydrogens (tertiary/aromatic N) is 2. The summed E-state index contributed by atoms with van der Waals surface area (Å²) in [5.41, 5.74) is 0.527. The van der Waals surface area contributed by atoms with E-state index in [-0.39, 0.29) is 18.0 Å². The highest BCUT2D eigenvalue weighted by molar-refractivity contribution is 8.26. The molecule has 1 aliphatic rings. The van der Waals surface area contributed by atoms with E-state index in [1.54, 1.807) is 30.3 Å². The SMILES string of the molecule is O=C([O-])CCCCCN1C(=O)/C(=C\c2ccc(-c3cccc([N+](=O)[O-])c3)o2)SC1=S. The van der Waals surface area contributed by atoms with Gasteiger partial charge in [-0.3, -0.25) is 19.8 Å². The summed E-state index contributed by atoms with van der Waals surface area (Å²) in [5.74, 6) is -0.413. The molecule has 0 radical (unpaired) electrons. The van der Waals surface area contributed by atoms with Crippen LogP contribution in [0.2, 0.25) is 0 Å². The largest absolute Gasteiger partial charge is 0.550 e. The van der Waals surface area contributed by atoms with Crippen LogP contribution in [0.3, 0.4) is 0 Å². The number of carboxylic acid groups (broad SMARTS) is 1. The van der Waals surface area contributed by atoms with Crippen LogP contribution < -0.4 is 5.11 Å². The van der Waals surface area contributed by atoms with Crippen molar-refractivity contribution < 1.29 is 24.0 Å². The molecule has 1 saturated heterocycles. The van der Waals surface area contributed by atoms with Gasteiger partial charge in [-0.15, -0.1) is 0 Å². The van der Waals surface area contributed by atoms with Gasteiger partial charge in [-0.1, -0.05) is 42.5 Å². The Labute approximate surface area is 181 Å². The maximum atomic E-state index is 12.6. The summed E-state index contributed by atoms with van der Waals surface area (Å²) in [6, 6.07) is 9.46. The number of furan rings is 1. The number of amides is 1.